The van der Waals surface area contributed by atoms with E-state index < -0.39 is 10.0 Å². The maximum absolute atomic E-state index is 11.7. The lowest BCUT2D eigenvalue weighted by Gasteiger charge is -2.08. The van der Waals surface area contributed by atoms with Crippen LogP contribution in [0.1, 0.15) is 0 Å². The van der Waals surface area contributed by atoms with Gasteiger partial charge >= 0.3 is 0 Å². The van der Waals surface area contributed by atoms with Gasteiger partial charge in [-0.15, -0.1) is 5.10 Å². The molecule has 0 unspecified atom stereocenters. The predicted molar refractivity (Wildman–Crippen MR) is 72.0 cm³/mol. The van der Waals surface area contributed by atoms with E-state index in [0.717, 1.165) is 0 Å². The number of benzene rings is 1. The lowest BCUT2D eigenvalue weighted by molar-refractivity contribution is -0.116. The van der Waals surface area contributed by atoms with Crippen molar-refractivity contribution in [1.82, 2.24) is 20.2 Å². The molecule has 106 valence electrons. The number of nitrogens with one attached hydrogen (secondary N) is 1. The minimum Gasteiger partial charge on any atom is -0.323 e. The van der Waals surface area contributed by atoms with Gasteiger partial charge in [-0.2, -0.15) is 0 Å². The van der Waals surface area contributed by atoms with Gasteiger partial charge in [-0.3, -0.25) is 4.79 Å². The van der Waals surface area contributed by atoms with E-state index in [4.69, 9.17) is 5.14 Å². The van der Waals surface area contributed by atoms with Crippen LogP contribution in [0.15, 0.2) is 33.9 Å². The van der Waals surface area contributed by atoms with E-state index in [1.165, 1.54) is 29.2 Å². The van der Waals surface area contributed by atoms with Crippen LogP contribution >= 0.6 is 15.9 Å². The van der Waals surface area contributed by atoms with Crippen LogP contribution in [-0.4, -0.2) is 34.5 Å². The van der Waals surface area contributed by atoms with Crippen LogP contribution in [-0.2, 0) is 21.4 Å². The highest BCUT2D eigenvalue weighted by Gasteiger charge is 2.12. The first-order chi connectivity index (χ1) is 9.36. The Balaban J connectivity index is 2.12. The molecule has 0 saturated carbocycles. The number of primary sulfonamides is 1. The number of carbonyl (C=O) groups excluding carboxylic acids is 1. The van der Waals surface area contributed by atoms with Crippen molar-refractivity contribution in [2.75, 3.05) is 5.32 Å². The summed E-state index contributed by atoms with van der Waals surface area (Å²) in [5.41, 5.74) is 0.412. The Kier molecular flexibility index (Phi) is 4.11. The van der Waals surface area contributed by atoms with Crippen LogP contribution in [0.25, 0.3) is 0 Å². The van der Waals surface area contributed by atoms with Crippen LogP contribution in [0.5, 0.6) is 0 Å². The molecule has 2 aromatic rings. The molecule has 0 aliphatic carbocycles. The van der Waals surface area contributed by atoms with E-state index in [0.29, 0.717) is 10.2 Å². The van der Waals surface area contributed by atoms with Gasteiger partial charge in [0.2, 0.25) is 15.9 Å². The molecule has 0 saturated heterocycles. The zero-order valence-electron chi connectivity index (χ0n) is 9.89. The molecule has 0 fully saturated rings. The minimum absolute atomic E-state index is 0.0529. The third-order valence-corrected chi connectivity index (χ3v) is 3.81. The highest BCUT2D eigenvalue weighted by atomic mass is 79.9. The predicted octanol–water partition coefficient (Wildman–Crippen LogP) is -0.278. The average molecular weight is 361 g/mol. The van der Waals surface area contributed by atoms with E-state index in [1.807, 2.05) is 0 Å². The highest BCUT2D eigenvalue weighted by Crippen LogP contribution is 2.25. The lowest BCUT2D eigenvalue weighted by atomic mass is 10.3. The van der Waals surface area contributed by atoms with Crippen LogP contribution in [0.2, 0.25) is 0 Å². The number of sulfonamides is 1. The quantitative estimate of drug-likeness (QED) is 0.770. The molecule has 0 radical (unpaired) electrons. The average Bonchev–Trinajstić information content (AvgIpc) is 2.83. The van der Waals surface area contributed by atoms with Crippen molar-refractivity contribution in [3.05, 3.63) is 29.0 Å². The number of hydrogen-bond acceptors (Lipinski definition) is 6. The smallest absolute Gasteiger partial charge is 0.246 e. The molecule has 1 aromatic heterocycles. The summed E-state index contributed by atoms with van der Waals surface area (Å²) in [6.45, 7) is -0.0591. The normalized spacial score (nSPS) is 11.3. The van der Waals surface area contributed by atoms with Crippen molar-refractivity contribution >= 4 is 37.5 Å². The molecule has 2 rings (SSSR count). The number of anilines is 1. The first kappa shape index (κ1) is 14.6. The lowest BCUT2D eigenvalue weighted by Crippen LogP contribution is -2.19. The van der Waals surface area contributed by atoms with Crippen LogP contribution in [0, 0.1) is 0 Å². The molecule has 1 amide bonds. The van der Waals surface area contributed by atoms with E-state index in [9.17, 15) is 13.2 Å². The largest absolute Gasteiger partial charge is 0.323 e. The monoisotopic (exact) mass is 360 g/mol. The molecule has 1 aromatic carbocycles. The summed E-state index contributed by atoms with van der Waals surface area (Å²) in [5, 5.41) is 18.0. The summed E-state index contributed by atoms with van der Waals surface area (Å²) >= 11 is 3.16. The van der Waals surface area contributed by atoms with Gasteiger partial charge in [0.25, 0.3) is 0 Å². The number of carbonyl (C=O) groups is 1. The number of halogens is 1. The van der Waals surface area contributed by atoms with Gasteiger partial charge < -0.3 is 5.32 Å². The Labute approximate surface area is 122 Å². The number of rotatable bonds is 4. The molecule has 0 bridgehead atoms. The third-order valence-electron chi connectivity index (χ3n) is 2.24. The topological polar surface area (TPSA) is 133 Å². The van der Waals surface area contributed by atoms with Crippen LogP contribution < -0.4 is 10.5 Å². The number of hydrogen-bond donors (Lipinski definition) is 2. The molecule has 0 atom stereocenters. The highest BCUT2D eigenvalue weighted by molar-refractivity contribution is 9.10. The molecule has 0 aliphatic heterocycles. The summed E-state index contributed by atoms with van der Waals surface area (Å²) < 4.78 is 24.0. The molecule has 0 spiro atoms. The van der Waals surface area contributed by atoms with Crippen molar-refractivity contribution in [1.29, 1.82) is 0 Å². The summed E-state index contributed by atoms with van der Waals surface area (Å²) in [6, 6.07) is 4.04. The maximum atomic E-state index is 11.7. The zero-order chi connectivity index (χ0) is 14.8. The Morgan fingerprint density at radius 1 is 1.45 bits per heavy atom. The van der Waals surface area contributed by atoms with Crippen molar-refractivity contribution in [3.8, 4) is 0 Å². The summed E-state index contributed by atoms with van der Waals surface area (Å²) in [6.07, 6.45) is 1.30. The number of amides is 1. The van der Waals surface area contributed by atoms with E-state index in [2.05, 4.69) is 36.8 Å². The molecule has 20 heavy (non-hydrogen) atoms. The standard InChI is InChI=1S/C9H9BrN6O3S/c10-7-3-6(20(11,18)19)1-2-8(7)13-9(17)4-16-5-12-14-15-16/h1-3,5H,4H2,(H,13,17)(H2,11,18,19). The minimum atomic E-state index is -3.78. The molecule has 11 heteroatoms. The van der Waals surface area contributed by atoms with Crippen molar-refractivity contribution < 1.29 is 13.2 Å². The molecular weight excluding hydrogens is 352 g/mol. The first-order valence-electron chi connectivity index (χ1n) is 5.19. The number of nitrogens with zero attached hydrogens (tertiary/aromatic N) is 4. The summed E-state index contributed by atoms with van der Waals surface area (Å²) in [7, 11) is -3.78. The molecular formula is C9H9BrN6O3S. The molecule has 1 heterocycles. The van der Waals surface area contributed by atoms with Gasteiger partial charge in [0.15, 0.2) is 0 Å². The van der Waals surface area contributed by atoms with Crippen molar-refractivity contribution in [2.45, 2.75) is 11.4 Å². The second-order valence-electron chi connectivity index (χ2n) is 3.74. The fourth-order valence-electron chi connectivity index (χ4n) is 1.36. The van der Waals surface area contributed by atoms with Crippen LogP contribution in [0.3, 0.4) is 0 Å². The Hall–Kier alpha value is -1.85. The first-order valence-corrected chi connectivity index (χ1v) is 7.53. The Bertz CT molecular complexity index is 730. The Morgan fingerprint density at radius 3 is 2.75 bits per heavy atom. The molecule has 3 N–H and O–H groups in total. The number of aromatic nitrogens is 4. The Morgan fingerprint density at radius 2 is 2.20 bits per heavy atom. The van der Waals surface area contributed by atoms with E-state index in [-0.39, 0.29) is 17.3 Å². The maximum Gasteiger partial charge on any atom is 0.246 e. The second-order valence-corrected chi connectivity index (χ2v) is 6.16. The summed E-state index contributed by atoms with van der Waals surface area (Å²) in [5.74, 6) is -0.360. The van der Waals surface area contributed by atoms with E-state index in [1.54, 1.807) is 0 Å². The van der Waals surface area contributed by atoms with Gasteiger partial charge in [-0.25, -0.2) is 18.2 Å². The van der Waals surface area contributed by atoms with Crippen molar-refractivity contribution in [3.63, 3.8) is 0 Å². The fraction of sp³-hybridized carbons (Fsp3) is 0.111. The number of nitrogens with two attached hydrogens (primary N) is 1. The van der Waals surface area contributed by atoms with Gasteiger partial charge in [0, 0.05) is 4.47 Å². The third kappa shape index (κ3) is 3.59. The van der Waals surface area contributed by atoms with Crippen LogP contribution in [0.4, 0.5) is 5.69 Å². The number of tetrazole rings is 1. The molecule has 9 nitrogen and oxygen atoms in total. The molecule has 0 aliphatic rings. The van der Waals surface area contributed by atoms with Gasteiger partial charge in [-0.05, 0) is 44.6 Å². The van der Waals surface area contributed by atoms with Gasteiger partial charge in [-0.1, -0.05) is 0 Å². The van der Waals surface area contributed by atoms with Gasteiger partial charge in [0.1, 0.15) is 12.9 Å². The second kappa shape index (κ2) is 5.64. The fourth-order valence-corrected chi connectivity index (χ4v) is 2.53. The SMILES string of the molecule is NS(=O)(=O)c1ccc(NC(=O)Cn2cnnn2)c(Br)c1. The zero-order valence-corrected chi connectivity index (χ0v) is 12.3. The summed E-state index contributed by atoms with van der Waals surface area (Å²) in [4.78, 5) is 11.7. The van der Waals surface area contributed by atoms with Crippen molar-refractivity contribution in [2.24, 2.45) is 5.14 Å². The van der Waals surface area contributed by atoms with E-state index >= 15 is 0 Å². The van der Waals surface area contributed by atoms with Gasteiger partial charge in [0.05, 0.1) is 10.6 Å².